The number of hydrogen-bond acceptors (Lipinski definition) is 3. The average Bonchev–Trinajstić information content (AvgIpc) is 2.78. The normalized spacial score (nSPS) is 20.0. The van der Waals surface area contributed by atoms with Gasteiger partial charge >= 0.3 is 0 Å². The van der Waals surface area contributed by atoms with E-state index in [2.05, 4.69) is 29.0 Å². The predicted molar refractivity (Wildman–Crippen MR) is 84.4 cm³/mol. The van der Waals surface area contributed by atoms with Crippen LogP contribution in [0.4, 0.5) is 0 Å². The van der Waals surface area contributed by atoms with Crippen LogP contribution in [0.1, 0.15) is 55.7 Å². The molecule has 0 bridgehead atoms. The molecule has 1 unspecified atom stereocenters. The van der Waals surface area contributed by atoms with Crippen molar-refractivity contribution in [3.05, 3.63) is 17.7 Å². The zero-order chi connectivity index (χ0) is 15.4. The Kier molecular flexibility index (Phi) is 5.39. The highest BCUT2D eigenvalue weighted by molar-refractivity contribution is 5.93. The van der Waals surface area contributed by atoms with E-state index in [0.29, 0.717) is 17.8 Å². The molecule has 1 aromatic rings. The SMILES string of the molecule is Cc1ncn(C)c1C(=O)NCCC1CCCCN1C(C)C. The summed E-state index contributed by atoms with van der Waals surface area (Å²) >= 11 is 0. The Balaban J connectivity index is 1.85. The molecule has 0 spiro atoms. The summed E-state index contributed by atoms with van der Waals surface area (Å²) in [6, 6.07) is 1.19. The smallest absolute Gasteiger partial charge is 0.269 e. The van der Waals surface area contributed by atoms with Gasteiger partial charge < -0.3 is 9.88 Å². The number of piperidine rings is 1. The maximum absolute atomic E-state index is 12.2. The molecular weight excluding hydrogens is 264 g/mol. The summed E-state index contributed by atoms with van der Waals surface area (Å²) in [6.45, 7) is 8.32. The lowest BCUT2D eigenvalue weighted by Gasteiger charge is -2.38. The first kappa shape index (κ1) is 16.0. The van der Waals surface area contributed by atoms with Gasteiger partial charge in [-0.05, 0) is 46.6 Å². The summed E-state index contributed by atoms with van der Waals surface area (Å²) in [4.78, 5) is 19.0. The fourth-order valence-corrected chi connectivity index (χ4v) is 3.32. The van der Waals surface area contributed by atoms with Gasteiger partial charge in [0.25, 0.3) is 5.91 Å². The summed E-state index contributed by atoms with van der Waals surface area (Å²) in [6.07, 6.45) is 6.57. The Morgan fingerprint density at radius 2 is 2.24 bits per heavy atom. The number of imidazole rings is 1. The van der Waals surface area contributed by atoms with E-state index in [9.17, 15) is 4.79 Å². The molecule has 5 heteroatoms. The number of aryl methyl sites for hydroxylation is 2. The molecule has 1 N–H and O–H groups in total. The van der Waals surface area contributed by atoms with E-state index in [1.165, 1.54) is 25.8 Å². The standard InChI is InChI=1S/C16H28N4O/c1-12(2)20-10-6-5-7-14(20)8-9-17-16(21)15-13(3)18-11-19(15)4/h11-12,14H,5-10H2,1-4H3,(H,17,21). The Hall–Kier alpha value is -1.36. The molecule has 118 valence electrons. The fraction of sp³-hybridized carbons (Fsp3) is 0.750. The Labute approximate surface area is 127 Å². The lowest BCUT2D eigenvalue weighted by atomic mass is 9.98. The molecule has 2 rings (SSSR count). The second kappa shape index (κ2) is 7.07. The van der Waals surface area contributed by atoms with Crippen LogP contribution in [0.15, 0.2) is 6.33 Å². The number of likely N-dealkylation sites (tertiary alicyclic amines) is 1. The first-order chi connectivity index (χ1) is 10.0. The maximum atomic E-state index is 12.2. The van der Waals surface area contributed by atoms with E-state index < -0.39 is 0 Å². The quantitative estimate of drug-likeness (QED) is 0.904. The van der Waals surface area contributed by atoms with Crippen molar-refractivity contribution < 1.29 is 4.79 Å². The van der Waals surface area contributed by atoms with Gasteiger partial charge in [-0.3, -0.25) is 9.69 Å². The summed E-state index contributed by atoms with van der Waals surface area (Å²) in [5.41, 5.74) is 1.45. The molecular formula is C16H28N4O. The Bertz CT molecular complexity index is 461. The zero-order valence-corrected chi connectivity index (χ0v) is 13.7. The number of nitrogens with one attached hydrogen (secondary N) is 1. The minimum atomic E-state index is -0.0144. The number of carbonyl (C=O) groups is 1. The third-order valence-corrected chi connectivity index (χ3v) is 4.43. The summed E-state index contributed by atoms with van der Waals surface area (Å²) in [5, 5.41) is 3.05. The van der Waals surface area contributed by atoms with Crippen molar-refractivity contribution in [1.82, 2.24) is 19.8 Å². The highest BCUT2D eigenvalue weighted by Gasteiger charge is 2.24. The van der Waals surface area contributed by atoms with E-state index in [1.54, 1.807) is 10.9 Å². The van der Waals surface area contributed by atoms with Crippen molar-refractivity contribution in [2.45, 2.75) is 58.5 Å². The van der Waals surface area contributed by atoms with Crippen molar-refractivity contribution in [3.8, 4) is 0 Å². The molecule has 1 amide bonds. The molecule has 5 nitrogen and oxygen atoms in total. The van der Waals surface area contributed by atoms with Gasteiger partial charge in [0.1, 0.15) is 5.69 Å². The van der Waals surface area contributed by atoms with Crippen LogP contribution < -0.4 is 5.32 Å². The van der Waals surface area contributed by atoms with Crippen LogP contribution in [0.2, 0.25) is 0 Å². The third-order valence-electron chi connectivity index (χ3n) is 4.43. The van der Waals surface area contributed by atoms with E-state index >= 15 is 0 Å². The summed E-state index contributed by atoms with van der Waals surface area (Å²) < 4.78 is 1.78. The molecule has 21 heavy (non-hydrogen) atoms. The van der Waals surface area contributed by atoms with Crippen LogP contribution in [0, 0.1) is 6.92 Å². The summed E-state index contributed by atoms with van der Waals surface area (Å²) in [7, 11) is 1.86. The zero-order valence-electron chi connectivity index (χ0n) is 13.7. The van der Waals surface area contributed by atoms with E-state index in [-0.39, 0.29) is 5.91 Å². The predicted octanol–water partition coefficient (Wildman–Crippen LogP) is 2.11. The van der Waals surface area contributed by atoms with E-state index in [4.69, 9.17) is 0 Å². The van der Waals surface area contributed by atoms with Gasteiger partial charge in [0.15, 0.2) is 0 Å². The molecule has 0 saturated carbocycles. The van der Waals surface area contributed by atoms with Gasteiger partial charge in [-0.25, -0.2) is 4.98 Å². The number of amides is 1. The van der Waals surface area contributed by atoms with Crippen molar-refractivity contribution >= 4 is 5.91 Å². The minimum Gasteiger partial charge on any atom is -0.351 e. The Morgan fingerprint density at radius 3 is 2.86 bits per heavy atom. The second-order valence-corrected chi connectivity index (χ2v) is 6.32. The van der Waals surface area contributed by atoms with E-state index in [0.717, 1.165) is 18.7 Å². The highest BCUT2D eigenvalue weighted by Crippen LogP contribution is 2.21. The number of nitrogens with zero attached hydrogens (tertiary/aromatic N) is 3. The number of rotatable bonds is 5. The largest absolute Gasteiger partial charge is 0.351 e. The molecule has 1 fully saturated rings. The monoisotopic (exact) mass is 292 g/mol. The average molecular weight is 292 g/mol. The number of aromatic nitrogens is 2. The van der Waals surface area contributed by atoms with Crippen LogP contribution in [0.5, 0.6) is 0 Å². The van der Waals surface area contributed by atoms with Gasteiger partial charge in [0.05, 0.1) is 12.0 Å². The highest BCUT2D eigenvalue weighted by atomic mass is 16.1. The number of hydrogen-bond donors (Lipinski definition) is 1. The van der Waals surface area contributed by atoms with Crippen LogP contribution >= 0.6 is 0 Å². The lowest BCUT2D eigenvalue weighted by molar-refractivity contribution is 0.0906. The summed E-state index contributed by atoms with van der Waals surface area (Å²) in [5.74, 6) is -0.0144. The van der Waals surface area contributed by atoms with Crippen molar-refractivity contribution in [3.63, 3.8) is 0 Å². The van der Waals surface area contributed by atoms with E-state index in [1.807, 2.05) is 14.0 Å². The molecule has 1 saturated heterocycles. The van der Waals surface area contributed by atoms with Gasteiger partial charge in [-0.2, -0.15) is 0 Å². The Morgan fingerprint density at radius 1 is 1.48 bits per heavy atom. The van der Waals surface area contributed by atoms with Crippen LogP contribution in [-0.4, -0.2) is 45.5 Å². The minimum absolute atomic E-state index is 0.0144. The maximum Gasteiger partial charge on any atom is 0.269 e. The fourth-order valence-electron chi connectivity index (χ4n) is 3.32. The van der Waals surface area contributed by atoms with Gasteiger partial charge in [0.2, 0.25) is 0 Å². The lowest BCUT2D eigenvalue weighted by Crippen LogP contribution is -2.45. The van der Waals surface area contributed by atoms with Gasteiger partial charge in [-0.1, -0.05) is 6.42 Å². The first-order valence-corrected chi connectivity index (χ1v) is 8.02. The van der Waals surface area contributed by atoms with Crippen molar-refractivity contribution in [2.24, 2.45) is 7.05 Å². The van der Waals surface area contributed by atoms with Crippen molar-refractivity contribution in [2.75, 3.05) is 13.1 Å². The van der Waals surface area contributed by atoms with Crippen LogP contribution in [0.3, 0.4) is 0 Å². The molecule has 0 aliphatic carbocycles. The van der Waals surface area contributed by atoms with Crippen LogP contribution in [-0.2, 0) is 7.05 Å². The van der Waals surface area contributed by atoms with Gasteiger partial charge in [0, 0.05) is 25.7 Å². The van der Waals surface area contributed by atoms with Gasteiger partial charge in [-0.15, -0.1) is 0 Å². The number of carbonyl (C=O) groups excluding carboxylic acids is 1. The van der Waals surface area contributed by atoms with Crippen LogP contribution in [0.25, 0.3) is 0 Å². The second-order valence-electron chi connectivity index (χ2n) is 6.32. The molecule has 1 atom stereocenters. The molecule has 0 aromatic carbocycles. The molecule has 1 aromatic heterocycles. The third kappa shape index (κ3) is 3.84. The topological polar surface area (TPSA) is 50.2 Å². The molecule has 0 radical (unpaired) electrons. The first-order valence-electron chi connectivity index (χ1n) is 8.02. The molecule has 1 aliphatic heterocycles. The molecule has 1 aliphatic rings. The van der Waals surface area contributed by atoms with Crippen molar-refractivity contribution in [1.29, 1.82) is 0 Å². The molecule has 2 heterocycles.